The molecule has 7 nitrogen and oxygen atoms in total. The van der Waals surface area contributed by atoms with Crippen molar-refractivity contribution in [1.82, 2.24) is 5.32 Å². The van der Waals surface area contributed by atoms with Gasteiger partial charge in [0.25, 0.3) is 15.9 Å². The highest BCUT2D eigenvalue weighted by atomic mass is 32.2. The number of carbonyl (C=O) groups is 2. The first kappa shape index (κ1) is 20.9. The predicted molar refractivity (Wildman–Crippen MR) is 109 cm³/mol. The number of nitrogens with one attached hydrogen (secondary N) is 2. The first-order valence-electron chi connectivity index (χ1n) is 9.58. The maximum absolute atomic E-state index is 12.6. The van der Waals surface area contributed by atoms with Crippen LogP contribution in [-0.2, 0) is 14.8 Å². The quantitative estimate of drug-likeness (QED) is 0.641. The fraction of sp³-hybridized carbons (Fsp3) is 0.333. The lowest BCUT2D eigenvalue weighted by atomic mass is 9.84. The Balaban J connectivity index is 1.65. The number of benzene rings is 2. The van der Waals surface area contributed by atoms with Gasteiger partial charge in [0.2, 0.25) is 0 Å². The zero-order valence-corrected chi connectivity index (χ0v) is 16.7. The molecule has 29 heavy (non-hydrogen) atoms. The van der Waals surface area contributed by atoms with Crippen LogP contribution < -0.4 is 10.0 Å². The first-order valence-corrected chi connectivity index (χ1v) is 11.1. The highest BCUT2D eigenvalue weighted by Gasteiger charge is 2.18. The number of carboxylic acid groups (broad SMARTS) is 1. The number of hydrogen-bond donors (Lipinski definition) is 3. The van der Waals surface area contributed by atoms with Crippen LogP contribution in [0.4, 0.5) is 5.69 Å². The van der Waals surface area contributed by atoms with E-state index in [1.54, 1.807) is 12.1 Å². The number of hydrogen-bond acceptors (Lipinski definition) is 4. The summed E-state index contributed by atoms with van der Waals surface area (Å²) in [4.78, 5) is 22.5. The van der Waals surface area contributed by atoms with Gasteiger partial charge in [0.05, 0.1) is 4.90 Å². The predicted octanol–water partition coefficient (Wildman–Crippen LogP) is 3.35. The van der Waals surface area contributed by atoms with E-state index in [-0.39, 0.29) is 10.5 Å². The van der Waals surface area contributed by atoms with Crippen molar-refractivity contribution in [2.45, 2.75) is 42.9 Å². The molecule has 0 heterocycles. The molecule has 0 spiro atoms. The monoisotopic (exact) mass is 416 g/mol. The summed E-state index contributed by atoms with van der Waals surface area (Å²) in [6.45, 7) is -0.482. The van der Waals surface area contributed by atoms with Crippen LogP contribution in [-0.4, -0.2) is 31.9 Å². The standard InChI is InChI=1S/C21H24N2O5S/c24-20(25)14-22-21(26)17-6-10-18(11-7-17)23-29(27,28)19-12-8-16(9-13-19)15-4-2-1-3-5-15/h6-13,15,23H,1-5,14H2,(H,22,26)(H,24,25). The van der Waals surface area contributed by atoms with Gasteiger partial charge >= 0.3 is 5.97 Å². The summed E-state index contributed by atoms with van der Waals surface area (Å²) in [6.07, 6.45) is 6.01. The second-order valence-electron chi connectivity index (χ2n) is 7.16. The van der Waals surface area contributed by atoms with E-state index in [2.05, 4.69) is 10.0 Å². The van der Waals surface area contributed by atoms with Crippen molar-refractivity contribution in [2.24, 2.45) is 0 Å². The third-order valence-corrected chi connectivity index (χ3v) is 6.46. The van der Waals surface area contributed by atoms with Gasteiger partial charge in [-0.05, 0) is 60.7 Å². The van der Waals surface area contributed by atoms with Crippen LogP contribution in [0, 0.1) is 0 Å². The van der Waals surface area contributed by atoms with Gasteiger partial charge in [0.15, 0.2) is 0 Å². The maximum atomic E-state index is 12.6. The lowest BCUT2D eigenvalue weighted by Gasteiger charge is -2.22. The molecule has 3 N–H and O–H groups in total. The van der Waals surface area contributed by atoms with Crippen LogP contribution in [0.25, 0.3) is 0 Å². The van der Waals surface area contributed by atoms with Crippen LogP contribution >= 0.6 is 0 Å². The molecule has 2 aromatic rings. The number of rotatable bonds is 7. The highest BCUT2D eigenvalue weighted by molar-refractivity contribution is 7.92. The Labute approximate surface area is 170 Å². The van der Waals surface area contributed by atoms with E-state index in [0.29, 0.717) is 11.6 Å². The van der Waals surface area contributed by atoms with Crippen LogP contribution in [0.2, 0.25) is 0 Å². The highest BCUT2D eigenvalue weighted by Crippen LogP contribution is 2.33. The normalized spacial score (nSPS) is 14.9. The molecule has 0 unspecified atom stereocenters. The Hall–Kier alpha value is -2.87. The van der Waals surface area contributed by atoms with Gasteiger partial charge in [0.1, 0.15) is 6.54 Å². The summed E-state index contributed by atoms with van der Waals surface area (Å²) >= 11 is 0. The van der Waals surface area contributed by atoms with Gasteiger partial charge in [-0.2, -0.15) is 0 Å². The van der Waals surface area contributed by atoms with Crippen molar-refractivity contribution in [1.29, 1.82) is 0 Å². The molecule has 1 amide bonds. The Bertz CT molecular complexity index is 963. The molecule has 1 saturated carbocycles. The minimum Gasteiger partial charge on any atom is -0.480 e. The molecule has 1 fully saturated rings. The Kier molecular flexibility index (Phi) is 6.53. The molecule has 3 rings (SSSR count). The number of anilines is 1. The van der Waals surface area contributed by atoms with Gasteiger partial charge in [-0.25, -0.2) is 8.42 Å². The van der Waals surface area contributed by atoms with Gasteiger partial charge in [-0.3, -0.25) is 14.3 Å². The number of sulfonamides is 1. The molecule has 8 heteroatoms. The SMILES string of the molecule is O=C(O)CNC(=O)c1ccc(NS(=O)(=O)c2ccc(C3CCCCC3)cc2)cc1. The average Bonchev–Trinajstić information content (AvgIpc) is 2.73. The Morgan fingerprint density at radius 1 is 0.931 bits per heavy atom. The molecule has 1 aliphatic rings. The molecule has 1 aliphatic carbocycles. The molecule has 0 atom stereocenters. The third kappa shape index (κ3) is 5.57. The Morgan fingerprint density at radius 2 is 1.55 bits per heavy atom. The summed E-state index contributed by atoms with van der Waals surface area (Å²) in [6, 6.07) is 12.8. The number of aliphatic carboxylic acids is 1. The van der Waals surface area contributed by atoms with Gasteiger partial charge in [-0.15, -0.1) is 0 Å². The fourth-order valence-corrected chi connectivity index (χ4v) is 4.58. The van der Waals surface area contributed by atoms with E-state index in [1.165, 1.54) is 49.1 Å². The van der Waals surface area contributed by atoms with Crippen LogP contribution in [0.15, 0.2) is 53.4 Å². The van der Waals surface area contributed by atoms with E-state index >= 15 is 0 Å². The summed E-state index contributed by atoms with van der Waals surface area (Å²) in [5, 5.41) is 10.8. The van der Waals surface area contributed by atoms with Crippen LogP contribution in [0.3, 0.4) is 0 Å². The van der Waals surface area contributed by atoms with Gasteiger partial charge in [-0.1, -0.05) is 31.4 Å². The molecular weight excluding hydrogens is 392 g/mol. The lowest BCUT2D eigenvalue weighted by Crippen LogP contribution is -2.29. The van der Waals surface area contributed by atoms with Crippen molar-refractivity contribution in [3.05, 3.63) is 59.7 Å². The van der Waals surface area contributed by atoms with Crippen LogP contribution in [0.1, 0.15) is 53.9 Å². The van der Waals surface area contributed by atoms with Crippen molar-refractivity contribution in [3.63, 3.8) is 0 Å². The second-order valence-corrected chi connectivity index (χ2v) is 8.85. The lowest BCUT2D eigenvalue weighted by molar-refractivity contribution is -0.135. The number of amides is 1. The van der Waals surface area contributed by atoms with Gasteiger partial charge < -0.3 is 10.4 Å². The largest absolute Gasteiger partial charge is 0.480 e. The average molecular weight is 416 g/mol. The van der Waals surface area contributed by atoms with Crippen molar-refractivity contribution in [2.75, 3.05) is 11.3 Å². The molecule has 0 bridgehead atoms. The van der Waals surface area contributed by atoms with E-state index < -0.39 is 28.4 Å². The second kappa shape index (κ2) is 9.09. The minimum absolute atomic E-state index is 0.181. The Morgan fingerprint density at radius 3 is 2.14 bits per heavy atom. The maximum Gasteiger partial charge on any atom is 0.322 e. The zero-order valence-electron chi connectivity index (χ0n) is 15.9. The van der Waals surface area contributed by atoms with E-state index in [4.69, 9.17) is 5.11 Å². The summed E-state index contributed by atoms with van der Waals surface area (Å²) in [5.74, 6) is -1.18. The number of carboxylic acids is 1. The summed E-state index contributed by atoms with van der Waals surface area (Å²) < 4.78 is 27.8. The van der Waals surface area contributed by atoms with Crippen molar-refractivity contribution >= 4 is 27.6 Å². The van der Waals surface area contributed by atoms with E-state index in [9.17, 15) is 18.0 Å². The zero-order chi connectivity index (χ0) is 20.9. The molecule has 0 aromatic heterocycles. The summed E-state index contributed by atoms with van der Waals surface area (Å²) in [7, 11) is -3.74. The molecular formula is C21H24N2O5S. The molecule has 154 valence electrons. The van der Waals surface area contributed by atoms with Crippen molar-refractivity contribution in [3.8, 4) is 0 Å². The molecule has 0 saturated heterocycles. The molecule has 0 aliphatic heterocycles. The van der Waals surface area contributed by atoms with E-state index in [0.717, 1.165) is 12.8 Å². The molecule has 2 aromatic carbocycles. The molecule has 0 radical (unpaired) electrons. The van der Waals surface area contributed by atoms with Crippen molar-refractivity contribution < 1.29 is 23.1 Å². The first-order chi connectivity index (χ1) is 13.8. The number of carbonyl (C=O) groups excluding carboxylic acids is 1. The minimum atomic E-state index is -3.74. The smallest absolute Gasteiger partial charge is 0.322 e. The van der Waals surface area contributed by atoms with Gasteiger partial charge in [0, 0.05) is 11.3 Å². The topological polar surface area (TPSA) is 113 Å². The van der Waals surface area contributed by atoms with E-state index in [1.807, 2.05) is 12.1 Å². The summed E-state index contributed by atoms with van der Waals surface area (Å²) in [5.41, 5.74) is 1.74. The van der Waals surface area contributed by atoms with Crippen LogP contribution in [0.5, 0.6) is 0 Å². The fourth-order valence-electron chi connectivity index (χ4n) is 3.52. The third-order valence-electron chi connectivity index (χ3n) is 5.07.